The number of hydrogen-bond donors (Lipinski definition) is 0. The Morgan fingerprint density at radius 1 is 0.966 bits per heavy atom. The van der Waals surface area contributed by atoms with E-state index in [-0.39, 0.29) is 5.43 Å². The molecule has 2 aliphatic rings. The summed E-state index contributed by atoms with van der Waals surface area (Å²) in [4.78, 5) is 17.3. The van der Waals surface area contributed by atoms with Crippen LogP contribution in [0.15, 0.2) is 44.9 Å². The molecule has 2 aromatic heterocycles. The van der Waals surface area contributed by atoms with Crippen molar-refractivity contribution in [3.05, 3.63) is 51.5 Å². The summed E-state index contributed by atoms with van der Waals surface area (Å²) in [5.41, 5.74) is 4.20. The maximum atomic E-state index is 12.7. The van der Waals surface area contributed by atoms with Crippen LogP contribution < -0.4 is 10.3 Å². The minimum Gasteiger partial charge on any atom is -0.439 e. The molecule has 6 heteroatoms. The van der Waals surface area contributed by atoms with Gasteiger partial charge in [0.05, 0.1) is 13.2 Å². The predicted octanol–water partition coefficient (Wildman–Crippen LogP) is 4.34. The molecule has 0 N–H and O–H groups in total. The summed E-state index contributed by atoms with van der Waals surface area (Å²) in [6, 6.07) is 10.3. The number of rotatable bonds is 4. The van der Waals surface area contributed by atoms with Crippen LogP contribution in [-0.2, 0) is 11.3 Å². The van der Waals surface area contributed by atoms with Crippen LogP contribution in [-0.4, -0.2) is 44.3 Å². The third-order valence-electron chi connectivity index (χ3n) is 5.87. The van der Waals surface area contributed by atoms with E-state index in [4.69, 9.17) is 9.15 Å². The molecule has 152 valence electrons. The minimum absolute atomic E-state index is 0.0620. The number of thiophene rings is 1. The summed E-state index contributed by atoms with van der Waals surface area (Å²) in [5, 5.41) is 2.05. The lowest BCUT2D eigenvalue weighted by molar-refractivity contribution is 0.0342. The highest BCUT2D eigenvalue weighted by molar-refractivity contribution is 7.17. The maximum absolute atomic E-state index is 12.7. The van der Waals surface area contributed by atoms with Gasteiger partial charge in [-0.05, 0) is 30.4 Å². The normalized spacial score (nSPS) is 18.4. The quantitative estimate of drug-likeness (QED) is 0.640. The summed E-state index contributed by atoms with van der Waals surface area (Å²) in [7, 11) is 0. The van der Waals surface area contributed by atoms with Crippen molar-refractivity contribution in [1.29, 1.82) is 0 Å². The number of anilines is 1. The van der Waals surface area contributed by atoms with Gasteiger partial charge in [-0.15, -0.1) is 11.3 Å². The van der Waals surface area contributed by atoms with Crippen LogP contribution in [0.25, 0.3) is 21.4 Å². The predicted molar refractivity (Wildman–Crippen MR) is 118 cm³/mol. The lowest BCUT2D eigenvalue weighted by Gasteiger charge is -2.27. The van der Waals surface area contributed by atoms with E-state index < -0.39 is 0 Å². The molecule has 2 aliphatic heterocycles. The summed E-state index contributed by atoms with van der Waals surface area (Å²) < 4.78 is 12.4. The second-order valence-corrected chi connectivity index (χ2v) is 8.77. The van der Waals surface area contributed by atoms with E-state index in [0.717, 1.165) is 75.5 Å². The molecule has 3 aromatic rings. The SMILES string of the molecule is O=c1cc(N2CCCCC2)oc2c(-c3ccc(CN4CCOCC4)cc3)csc12. The first-order chi connectivity index (χ1) is 14.3. The van der Waals surface area contributed by atoms with Crippen LogP contribution in [0, 0.1) is 0 Å². The van der Waals surface area contributed by atoms with Crippen LogP contribution >= 0.6 is 11.3 Å². The highest BCUT2D eigenvalue weighted by Crippen LogP contribution is 2.35. The van der Waals surface area contributed by atoms with Gasteiger partial charge in [0.2, 0.25) is 5.43 Å². The standard InChI is InChI=1S/C23H26N2O3S/c26-20-14-21(25-8-2-1-3-9-25)28-22-19(16-29-23(20)22)18-6-4-17(5-7-18)15-24-10-12-27-13-11-24/h4-7,14,16H,1-3,8-13,15H2. The molecule has 0 saturated carbocycles. The molecule has 0 radical (unpaired) electrons. The van der Waals surface area contributed by atoms with Gasteiger partial charge in [0.15, 0.2) is 11.5 Å². The molecule has 2 saturated heterocycles. The van der Waals surface area contributed by atoms with Crippen molar-refractivity contribution in [1.82, 2.24) is 4.90 Å². The number of benzene rings is 1. The van der Waals surface area contributed by atoms with Gasteiger partial charge in [-0.25, -0.2) is 0 Å². The first-order valence-corrected chi connectivity index (χ1v) is 11.4. The fourth-order valence-electron chi connectivity index (χ4n) is 4.21. The summed E-state index contributed by atoms with van der Waals surface area (Å²) >= 11 is 1.48. The first-order valence-electron chi connectivity index (χ1n) is 10.5. The Labute approximate surface area is 174 Å². The van der Waals surface area contributed by atoms with Gasteiger partial charge < -0.3 is 14.1 Å². The molecule has 5 rings (SSSR count). The minimum atomic E-state index is 0.0620. The van der Waals surface area contributed by atoms with Gasteiger partial charge in [-0.1, -0.05) is 24.3 Å². The Balaban J connectivity index is 1.43. The van der Waals surface area contributed by atoms with Gasteiger partial charge in [-0.2, -0.15) is 0 Å². The van der Waals surface area contributed by atoms with Crippen molar-refractivity contribution in [2.75, 3.05) is 44.3 Å². The van der Waals surface area contributed by atoms with E-state index >= 15 is 0 Å². The fraction of sp³-hybridized carbons (Fsp3) is 0.435. The van der Waals surface area contributed by atoms with E-state index in [1.807, 2.05) is 5.38 Å². The molecule has 2 fully saturated rings. The molecule has 1 aromatic carbocycles. The van der Waals surface area contributed by atoms with Gasteiger partial charge in [0.1, 0.15) is 4.70 Å². The van der Waals surface area contributed by atoms with E-state index in [1.165, 1.54) is 23.3 Å². The summed E-state index contributed by atoms with van der Waals surface area (Å²) in [6.45, 7) is 6.48. The number of piperidine rings is 1. The lowest BCUT2D eigenvalue weighted by atomic mass is 10.1. The fourth-order valence-corrected chi connectivity index (χ4v) is 5.12. The van der Waals surface area contributed by atoms with Crippen molar-refractivity contribution in [3.63, 3.8) is 0 Å². The maximum Gasteiger partial charge on any atom is 0.204 e. The molecule has 0 bridgehead atoms. The van der Waals surface area contributed by atoms with Crippen LogP contribution in [0.4, 0.5) is 5.88 Å². The molecule has 0 spiro atoms. The second-order valence-electron chi connectivity index (χ2n) is 7.89. The molecule has 0 amide bonds. The van der Waals surface area contributed by atoms with Gasteiger partial charge in [0.25, 0.3) is 0 Å². The number of nitrogens with zero attached hydrogens (tertiary/aromatic N) is 2. The zero-order chi connectivity index (χ0) is 19.6. The molecule has 0 atom stereocenters. The summed E-state index contributed by atoms with van der Waals surface area (Å²) in [6.07, 6.45) is 3.56. The molecular weight excluding hydrogens is 384 g/mol. The number of morpholine rings is 1. The second kappa shape index (κ2) is 8.30. The van der Waals surface area contributed by atoms with Gasteiger partial charge in [-0.3, -0.25) is 9.69 Å². The van der Waals surface area contributed by atoms with Gasteiger partial charge in [0, 0.05) is 49.7 Å². The number of fused-ring (bicyclic) bond motifs is 1. The third-order valence-corrected chi connectivity index (χ3v) is 6.85. The lowest BCUT2D eigenvalue weighted by Crippen LogP contribution is -2.35. The Hall–Kier alpha value is -2.15. The Morgan fingerprint density at radius 2 is 1.72 bits per heavy atom. The van der Waals surface area contributed by atoms with Crippen molar-refractivity contribution in [2.24, 2.45) is 0 Å². The molecule has 0 aliphatic carbocycles. The van der Waals surface area contributed by atoms with Crippen molar-refractivity contribution >= 4 is 27.5 Å². The average molecular weight is 411 g/mol. The van der Waals surface area contributed by atoms with E-state index in [1.54, 1.807) is 6.07 Å². The Kier molecular flexibility index (Phi) is 5.40. The Morgan fingerprint density at radius 3 is 2.48 bits per heavy atom. The summed E-state index contributed by atoms with van der Waals surface area (Å²) in [5.74, 6) is 0.714. The van der Waals surface area contributed by atoms with Crippen LogP contribution in [0.3, 0.4) is 0 Å². The zero-order valence-electron chi connectivity index (χ0n) is 16.6. The van der Waals surface area contributed by atoms with Crippen LogP contribution in [0.2, 0.25) is 0 Å². The largest absolute Gasteiger partial charge is 0.439 e. The van der Waals surface area contributed by atoms with E-state index in [9.17, 15) is 4.79 Å². The molecule has 29 heavy (non-hydrogen) atoms. The monoisotopic (exact) mass is 410 g/mol. The van der Waals surface area contributed by atoms with Crippen LogP contribution in [0.1, 0.15) is 24.8 Å². The third kappa shape index (κ3) is 3.97. The number of hydrogen-bond acceptors (Lipinski definition) is 6. The highest BCUT2D eigenvalue weighted by Gasteiger charge is 2.18. The van der Waals surface area contributed by atoms with Gasteiger partial charge >= 0.3 is 0 Å². The van der Waals surface area contributed by atoms with E-state index in [0.29, 0.717) is 10.6 Å². The average Bonchev–Trinajstić information content (AvgIpc) is 3.20. The number of ether oxygens (including phenoxy) is 1. The topological polar surface area (TPSA) is 45.9 Å². The molecular formula is C23H26N2O3S. The molecule has 0 unspecified atom stereocenters. The first kappa shape index (κ1) is 18.9. The smallest absolute Gasteiger partial charge is 0.204 e. The van der Waals surface area contributed by atoms with Crippen molar-refractivity contribution < 1.29 is 9.15 Å². The van der Waals surface area contributed by atoms with Crippen molar-refractivity contribution in [2.45, 2.75) is 25.8 Å². The van der Waals surface area contributed by atoms with Crippen molar-refractivity contribution in [3.8, 4) is 11.1 Å². The highest BCUT2D eigenvalue weighted by atomic mass is 32.1. The van der Waals surface area contributed by atoms with Crippen LogP contribution in [0.5, 0.6) is 0 Å². The zero-order valence-corrected chi connectivity index (χ0v) is 17.4. The Bertz CT molecular complexity index is 1030. The molecule has 5 nitrogen and oxygen atoms in total. The van der Waals surface area contributed by atoms with E-state index in [2.05, 4.69) is 34.1 Å². The molecule has 4 heterocycles.